The van der Waals surface area contributed by atoms with Gasteiger partial charge in [0.15, 0.2) is 0 Å². The first-order valence-corrected chi connectivity index (χ1v) is 37.2. The second-order valence-electron chi connectivity index (χ2n) is 20.7. The van der Waals surface area contributed by atoms with Crippen LogP contribution in [0.4, 0.5) is 0 Å². The average Bonchev–Trinajstić information content (AvgIpc) is 3.30. The molecule has 0 radical (unpaired) electrons. The Morgan fingerprint density at radius 2 is 0.422 bits per heavy atom. The molecule has 64 heavy (non-hydrogen) atoms. The van der Waals surface area contributed by atoms with E-state index in [0.29, 0.717) is 9.75 Å². The first-order valence-electron chi connectivity index (χ1n) is 30.1. The van der Waals surface area contributed by atoms with Gasteiger partial charge in [-0.2, -0.15) is 0 Å². The molecule has 0 N–H and O–H groups in total. The van der Waals surface area contributed by atoms with E-state index < -0.39 is 16.6 Å². The van der Waals surface area contributed by atoms with Crippen molar-refractivity contribution in [1.82, 2.24) is 0 Å². The first kappa shape index (κ1) is 65.1. The second-order valence-corrected chi connectivity index (χ2v) is 32.5. The molecule has 2 atom stereocenters. The fourth-order valence-corrected chi connectivity index (χ4v) is 29.1. The van der Waals surface area contributed by atoms with Crippen molar-refractivity contribution in [2.75, 3.05) is 13.2 Å². The third-order valence-electron chi connectivity index (χ3n) is 14.9. The van der Waals surface area contributed by atoms with Crippen LogP contribution in [0, 0.1) is 0 Å². The molecular weight excluding hydrogens is 849 g/mol. The lowest BCUT2D eigenvalue weighted by Gasteiger charge is -2.41. The summed E-state index contributed by atoms with van der Waals surface area (Å²) in [6.07, 6.45) is 59.5. The van der Waals surface area contributed by atoms with Gasteiger partial charge in [0.1, 0.15) is 0 Å². The van der Waals surface area contributed by atoms with Crippen LogP contribution in [0.2, 0.25) is 24.2 Å². The zero-order valence-electron chi connectivity index (χ0n) is 45.7. The Hall–Kier alpha value is 1.05. The molecule has 0 aliphatic heterocycles. The number of hydrogen-bond acceptors (Lipinski definition) is 4. The zero-order valence-corrected chi connectivity index (χ0v) is 49.4. The molecule has 0 heterocycles. The van der Waals surface area contributed by atoms with E-state index in [4.69, 9.17) is 8.85 Å². The molecule has 0 aliphatic carbocycles. The SMILES string of the molecule is CCCCCCCCCCCC[Si](CCCCCCCCCCCC)(OCC)C(CC)SSC(CC)[Si](CCCCCCCCCCCC)(CCCCCCCCCCCC)OCC. The van der Waals surface area contributed by atoms with Crippen LogP contribution in [0.1, 0.15) is 325 Å². The Bertz CT molecular complexity index is 774. The van der Waals surface area contributed by atoms with Gasteiger partial charge in [0.25, 0.3) is 0 Å². The zero-order chi connectivity index (χ0) is 46.9. The van der Waals surface area contributed by atoms with Gasteiger partial charge in [0, 0.05) is 23.0 Å². The van der Waals surface area contributed by atoms with E-state index in [0.717, 1.165) is 13.2 Å². The summed E-state index contributed by atoms with van der Waals surface area (Å²) in [7, 11) is 0.770. The Morgan fingerprint density at radius 1 is 0.250 bits per heavy atom. The van der Waals surface area contributed by atoms with E-state index in [-0.39, 0.29) is 0 Å². The highest BCUT2D eigenvalue weighted by Gasteiger charge is 2.46. The maximum absolute atomic E-state index is 7.31. The molecule has 0 aromatic carbocycles. The van der Waals surface area contributed by atoms with E-state index in [1.165, 1.54) is 294 Å². The van der Waals surface area contributed by atoms with Crippen LogP contribution in [0.3, 0.4) is 0 Å². The minimum Gasteiger partial charge on any atom is -0.416 e. The van der Waals surface area contributed by atoms with Crippen molar-refractivity contribution in [3.63, 3.8) is 0 Å². The quantitative estimate of drug-likeness (QED) is 0.0343. The molecule has 0 bridgehead atoms. The highest BCUT2D eigenvalue weighted by atomic mass is 33.1. The van der Waals surface area contributed by atoms with E-state index >= 15 is 0 Å². The van der Waals surface area contributed by atoms with Crippen molar-refractivity contribution in [3.05, 3.63) is 0 Å². The summed E-state index contributed by atoms with van der Waals surface area (Å²) in [6, 6.07) is 5.57. The van der Waals surface area contributed by atoms with E-state index in [1.807, 2.05) is 0 Å². The fraction of sp³-hybridized carbons (Fsp3) is 1.00. The van der Waals surface area contributed by atoms with Gasteiger partial charge in [-0.3, -0.25) is 0 Å². The van der Waals surface area contributed by atoms with Gasteiger partial charge in [0.05, 0.1) is 0 Å². The van der Waals surface area contributed by atoms with Gasteiger partial charge in [0.2, 0.25) is 16.6 Å². The largest absolute Gasteiger partial charge is 0.416 e. The van der Waals surface area contributed by atoms with Gasteiger partial charge in [-0.15, -0.1) is 0 Å². The summed E-state index contributed by atoms with van der Waals surface area (Å²) in [5.41, 5.74) is 0. The third kappa shape index (κ3) is 36.1. The van der Waals surface area contributed by atoms with Crippen molar-refractivity contribution in [2.45, 2.75) is 359 Å². The summed E-state index contributed by atoms with van der Waals surface area (Å²) < 4.78 is 14.6. The predicted molar refractivity (Wildman–Crippen MR) is 305 cm³/mol. The van der Waals surface area contributed by atoms with Gasteiger partial charge in [-0.05, 0) is 50.9 Å². The Kier molecular flexibility index (Phi) is 51.3. The van der Waals surface area contributed by atoms with Crippen LogP contribution in [0.5, 0.6) is 0 Å². The van der Waals surface area contributed by atoms with Crippen LogP contribution in [0.25, 0.3) is 0 Å². The highest BCUT2D eigenvalue weighted by molar-refractivity contribution is 8.77. The standard InChI is InChI=1S/C58H122O2S2Si2/c1-9-17-21-25-29-33-37-41-45-49-53-63(59-15-7,54-50-46-42-38-34-30-26-22-18-10-2)57(13-5)61-62-58(14-6)64(60-16-8,55-51-47-43-39-35-31-27-23-19-11-3)56-52-48-44-40-36-32-28-24-20-12-4/h57-58H,9-56H2,1-8H3. The third-order valence-corrected chi connectivity index (χ3v) is 31.9. The lowest BCUT2D eigenvalue weighted by Crippen LogP contribution is -2.50. The first-order chi connectivity index (χ1) is 31.5. The van der Waals surface area contributed by atoms with E-state index in [1.54, 1.807) is 0 Å². The minimum atomic E-state index is -1.96. The molecule has 2 nitrogen and oxygen atoms in total. The summed E-state index contributed by atoms with van der Waals surface area (Å²) in [6.45, 7) is 20.9. The van der Waals surface area contributed by atoms with Crippen LogP contribution in [0.15, 0.2) is 0 Å². The molecule has 0 spiro atoms. The second kappa shape index (κ2) is 50.4. The fourth-order valence-electron chi connectivity index (χ4n) is 10.8. The lowest BCUT2D eigenvalue weighted by molar-refractivity contribution is 0.311. The molecular formula is C58H122O2S2Si2. The molecule has 0 amide bonds. The van der Waals surface area contributed by atoms with Crippen LogP contribution in [-0.4, -0.2) is 39.6 Å². The summed E-state index contributed by atoms with van der Waals surface area (Å²) >= 11 is 0. The summed E-state index contributed by atoms with van der Waals surface area (Å²) in [5, 5.41) is 0. The number of rotatable bonds is 55. The highest BCUT2D eigenvalue weighted by Crippen LogP contribution is 2.47. The van der Waals surface area contributed by atoms with E-state index in [9.17, 15) is 0 Å². The molecule has 0 aromatic rings. The van der Waals surface area contributed by atoms with E-state index in [2.05, 4.69) is 77.0 Å². The van der Waals surface area contributed by atoms with Crippen LogP contribution in [-0.2, 0) is 8.85 Å². The Morgan fingerprint density at radius 3 is 0.578 bits per heavy atom. The molecule has 0 aliphatic rings. The predicted octanol–water partition coefficient (Wildman–Crippen LogP) is 22.7. The van der Waals surface area contributed by atoms with Crippen LogP contribution >= 0.6 is 21.6 Å². The molecule has 0 rings (SSSR count). The number of hydrogen-bond donors (Lipinski definition) is 0. The van der Waals surface area contributed by atoms with Crippen molar-refractivity contribution in [1.29, 1.82) is 0 Å². The molecule has 6 heteroatoms. The molecule has 0 saturated heterocycles. The summed E-state index contributed by atoms with van der Waals surface area (Å²) in [5.74, 6) is 0. The van der Waals surface area contributed by atoms with Crippen molar-refractivity contribution in [3.8, 4) is 0 Å². The smallest absolute Gasteiger partial charge is 0.206 e. The van der Waals surface area contributed by atoms with Gasteiger partial charge >= 0.3 is 0 Å². The molecule has 2 unspecified atom stereocenters. The van der Waals surface area contributed by atoms with Crippen molar-refractivity contribution in [2.24, 2.45) is 0 Å². The minimum absolute atomic E-state index is 0.687. The van der Waals surface area contributed by atoms with Gasteiger partial charge in [-0.1, -0.05) is 320 Å². The Labute approximate surface area is 416 Å². The monoisotopic (exact) mass is 971 g/mol. The Balaban J connectivity index is 5.91. The molecule has 386 valence electrons. The van der Waals surface area contributed by atoms with Gasteiger partial charge < -0.3 is 8.85 Å². The maximum atomic E-state index is 7.31. The topological polar surface area (TPSA) is 18.5 Å². The summed E-state index contributed by atoms with van der Waals surface area (Å²) in [4.78, 5) is 1.37. The van der Waals surface area contributed by atoms with Crippen molar-refractivity contribution >= 4 is 38.2 Å². The maximum Gasteiger partial charge on any atom is 0.206 e. The lowest BCUT2D eigenvalue weighted by atomic mass is 10.1. The normalized spacial score (nSPS) is 13.3. The molecule has 0 saturated carbocycles. The molecule has 0 aromatic heterocycles. The van der Waals surface area contributed by atoms with Crippen LogP contribution < -0.4 is 0 Å². The van der Waals surface area contributed by atoms with Crippen molar-refractivity contribution < 1.29 is 8.85 Å². The molecule has 0 fully saturated rings. The van der Waals surface area contributed by atoms with Gasteiger partial charge in [-0.25, -0.2) is 0 Å². The average molecular weight is 972 g/mol. The number of unbranched alkanes of at least 4 members (excludes halogenated alkanes) is 36.